The minimum Gasteiger partial charge on any atom is -0.483 e. The second kappa shape index (κ2) is 8.69. The molecule has 0 amide bonds. The Kier molecular flexibility index (Phi) is 5.87. The number of rotatable bonds is 6. The molecule has 0 bridgehead atoms. The Morgan fingerprint density at radius 2 is 2.04 bits per heavy atom. The van der Waals surface area contributed by atoms with Crippen LogP contribution in [-0.4, -0.2) is 46.5 Å². The van der Waals surface area contributed by atoms with Crippen LogP contribution >= 0.6 is 0 Å². The molecule has 27 heavy (non-hydrogen) atoms. The molecule has 1 aromatic carbocycles. The first kappa shape index (κ1) is 18.2. The topological polar surface area (TPSA) is 65.3 Å². The first-order valence-corrected chi connectivity index (χ1v) is 10.1. The quantitative estimate of drug-likeness (QED) is 0.778. The molecule has 2 aliphatic heterocycles. The number of hydrogen-bond donors (Lipinski definition) is 0. The Morgan fingerprint density at radius 1 is 1.19 bits per heavy atom. The van der Waals surface area contributed by atoms with Crippen molar-refractivity contribution in [3.63, 3.8) is 0 Å². The van der Waals surface area contributed by atoms with Gasteiger partial charge in [0, 0.05) is 32.8 Å². The highest BCUT2D eigenvalue weighted by atomic mass is 16.5. The van der Waals surface area contributed by atoms with Crippen LogP contribution < -0.4 is 9.64 Å². The van der Waals surface area contributed by atoms with E-state index in [2.05, 4.69) is 39.5 Å². The third-order valence-corrected chi connectivity index (χ3v) is 5.60. The van der Waals surface area contributed by atoms with Gasteiger partial charge in [-0.15, -0.1) is 5.10 Å². The van der Waals surface area contributed by atoms with Crippen LogP contribution in [0.3, 0.4) is 0 Å². The zero-order valence-corrected chi connectivity index (χ0v) is 16.1. The lowest BCUT2D eigenvalue weighted by Crippen LogP contribution is -2.34. The molecule has 1 unspecified atom stereocenters. The van der Waals surface area contributed by atoms with Crippen molar-refractivity contribution in [2.75, 3.05) is 31.2 Å². The molecule has 0 radical (unpaired) electrons. The summed E-state index contributed by atoms with van der Waals surface area (Å²) in [4.78, 5) is 2.44. The summed E-state index contributed by atoms with van der Waals surface area (Å²) in [6.45, 7) is 7.38. The lowest BCUT2D eigenvalue weighted by Gasteiger charge is -2.33. The van der Waals surface area contributed by atoms with Crippen molar-refractivity contribution >= 4 is 5.69 Å². The Hall–Kier alpha value is -2.15. The molecular formula is C20H29N5O2. The van der Waals surface area contributed by atoms with Crippen LogP contribution in [0.4, 0.5) is 5.69 Å². The first-order chi connectivity index (χ1) is 13.3. The smallest absolute Gasteiger partial charge is 0.189 e. The second-order valence-corrected chi connectivity index (χ2v) is 7.78. The van der Waals surface area contributed by atoms with E-state index in [-0.39, 0.29) is 0 Å². The van der Waals surface area contributed by atoms with Crippen molar-refractivity contribution in [2.24, 2.45) is 11.8 Å². The molecule has 0 spiro atoms. The summed E-state index contributed by atoms with van der Waals surface area (Å²) in [5, 5.41) is 12.2. The van der Waals surface area contributed by atoms with E-state index in [4.69, 9.17) is 9.47 Å². The van der Waals surface area contributed by atoms with Gasteiger partial charge in [0.15, 0.2) is 5.82 Å². The number of aromatic nitrogens is 4. The van der Waals surface area contributed by atoms with Crippen molar-refractivity contribution in [1.82, 2.24) is 20.2 Å². The van der Waals surface area contributed by atoms with Crippen LogP contribution in [0, 0.1) is 11.8 Å². The first-order valence-electron chi connectivity index (χ1n) is 10.1. The summed E-state index contributed by atoms with van der Waals surface area (Å²) >= 11 is 0. The minimum atomic E-state index is 0.386. The van der Waals surface area contributed by atoms with Crippen LogP contribution in [0.1, 0.15) is 38.4 Å². The third-order valence-electron chi connectivity index (χ3n) is 5.60. The molecule has 146 valence electrons. The molecule has 1 aromatic heterocycles. The van der Waals surface area contributed by atoms with Gasteiger partial charge in [0.05, 0.1) is 5.69 Å². The number of tetrazole rings is 1. The summed E-state index contributed by atoms with van der Waals surface area (Å²) in [5.41, 5.74) is 1.17. The molecule has 1 atom stereocenters. The van der Waals surface area contributed by atoms with Gasteiger partial charge in [-0.3, -0.25) is 0 Å². The maximum atomic E-state index is 6.17. The van der Waals surface area contributed by atoms with Crippen molar-refractivity contribution in [2.45, 2.75) is 45.8 Å². The standard InChI is InChI=1S/C20H29N5O2/c1-16-5-4-10-24(13-16)18-6-2-3-7-19(18)27-15-20-21-22-23-25(20)14-17-8-11-26-12-9-17/h2-3,6-7,16-17H,4-5,8-15H2,1H3. The van der Waals surface area contributed by atoms with E-state index in [0.29, 0.717) is 12.5 Å². The normalized spacial score (nSPS) is 21.4. The molecule has 2 saturated heterocycles. The van der Waals surface area contributed by atoms with E-state index in [0.717, 1.165) is 63.2 Å². The molecule has 3 heterocycles. The number of ether oxygens (including phenoxy) is 2. The Morgan fingerprint density at radius 3 is 2.89 bits per heavy atom. The number of benzene rings is 1. The van der Waals surface area contributed by atoms with Crippen LogP contribution in [0.25, 0.3) is 0 Å². The van der Waals surface area contributed by atoms with Crippen molar-refractivity contribution in [1.29, 1.82) is 0 Å². The molecule has 0 saturated carbocycles. The molecule has 2 aromatic rings. The van der Waals surface area contributed by atoms with Crippen molar-refractivity contribution in [3.8, 4) is 5.75 Å². The number of anilines is 1. The molecule has 4 rings (SSSR count). The van der Waals surface area contributed by atoms with Crippen LogP contribution in [0.2, 0.25) is 0 Å². The fourth-order valence-electron chi connectivity index (χ4n) is 4.03. The van der Waals surface area contributed by atoms with Gasteiger partial charge in [-0.2, -0.15) is 0 Å². The largest absolute Gasteiger partial charge is 0.483 e. The van der Waals surface area contributed by atoms with Gasteiger partial charge in [0.2, 0.25) is 0 Å². The SMILES string of the molecule is CC1CCCN(c2ccccc2OCc2nnnn2CC2CCOCC2)C1. The van der Waals surface area contributed by atoms with E-state index in [1.807, 2.05) is 16.8 Å². The zero-order chi connectivity index (χ0) is 18.5. The summed E-state index contributed by atoms with van der Waals surface area (Å²) in [6.07, 6.45) is 4.67. The molecule has 2 aliphatic rings. The van der Waals surface area contributed by atoms with Gasteiger partial charge < -0.3 is 14.4 Å². The summed E-state index contributed by atoms with van der Waals surface area (Å²) in [6, 6.07) is 8.30. The Labute approximate surface area is 160 Å². The summed E-state index contributed by atoms with van der Waals surface area (Å²) in [7, 11) is 0. The van der Waals surface area contributed by atoms with Gasteiger partial charge in [-0.05, 0) is 60.1 Å². The lowest BCUT2D eigenvalue weighted by atomic mass is 9.99. The summed E-state index contributed by atoms with van der Waals surface area (Å²) < 4.78 is 13.5. The van der Waals surface area contributed by atoms with Gasteiger partial charge in [0.25, 0.3) is 0 Å². The van der Waals surface area contributed by atoms with Crippen molar-refractivity contribution in [3.05, 3.63) is 30.1 Å². The van der Waals surface area contributed by atoms with Gasteiger partial charge in [-0.25, -0.2) is 4.68 Å². The van der Waals surface area contributed by atoms with Gasteiger partial charge in [0.1, 0.15) is 12.4 Å². The Bertz CT molecular complexity index is 729. The highest BCUT2D eigenvalue weighted by molar-refractivity contribution is 5.58. The molecule has 7 nitrogen and oxygen atoms in total. The second-order valence-electron chi connectivity index (χ2n) is 7.78. The van der Waals surface area contributed by atoms with E-state index < -0.39 is 0 Å². The van der Waals surface area contributed by atoms with Crippen LogP contribution in [0.15, 0.2) is 24.3 Å². The van der Waals surface area contributed by atoms with Gasteiger partial charge >= 0.3 is 0 Å². The van der Waals surface area contributed by atoms with E-state index in [9.17, 15) is 0 Å². The summed E-state index contributed by atoms with van der Waals surface area (Å²) in [5.74, 6) is 2.98. The zero-order valence-electron chi connectivity index (χ0n) is 16.1. The maximum absolute atomic E-state index is 6.17. The van der Waals surface area contributed by atoms with Gasteiger partial charge in [-0.1, -0.05) is 19.1 Å². The van der Waals surface area contributed by atoms with Crippen LogP contribution in [-0.2, 0) is 17.9 Å². The number of para-hydroxylation sites is 2. The molecular weight excluding hydrogens is 342 g/mol. The average molecular weight is 371 g/mol. The Balaban J connectivity index is 1.41. The predicted molar refractivity (Wildman–Crippen MR) is 103 cm³/mol. The van der Waals surface area contributed by atoms with E-state index in [1.165, 1.54) is 18.5 Å². The number of nitrogens with zero attached hydrogens (tertiary/aromatic N) is 5. The van der Waals surface area contributed by atoms with E-state index in [1.54, 1.807) is 0 Å². The monoisotopic (exact) mass is 371 g/mol. The number of piperidine rings is 1. The third kappa shape index (κ3) is 4.58. The number of hydrogen-bond acceptors (Lipinski definition) is 6. The highest BCUT2D eigenvalue weighted by Gasteiger charge is 2.21. The molecule has 0 aliphatic carbocycles. The molecule has 2 fully saturated rings. The van der Waals surface area contributed by atoms with Crippen molar-refractivity contribution < 1.29 is 9.47 Å². The molecule has 0 N–H and O–H groups in total. The fraction of sp³-hybridized carbons (Fsp3) is 0.650. The van der Waals surface area contributed by atoms with E-state index >= 15 is 0 Å². The van der Waals surface area contributed by atoms with Crippen LogP contribution in [0.5, 0.6) is 5.75 Å². The highest BCUT2D eigenvalue weighted by Crippen LogP contribution is 2.32. The maximum Gasteiger partial charge on any atom is 0.189 e. The minimum absolute atomic E-state index is 0.386. The lowest BCUT2D eigenvalue weighted by molar-refractivity contribution is 0.0593. The fourth-order valence-corrected chi connectivity index (χ4v) is 4.03. The average Bonchev–Trinajstić information content (AvgIpc) is 3.14. The molecule has 7 heteroatoms. The predicted octanol–water partition coefficient (Wildman–Crippen LogP) is 2.92.